The van der Waals surface area contributed by atoms with Crippen LogP contribution in [0.4, 0.5) is 4.39 Å². The van der Waals surface area contributed by atoms with Crippen molar-refractivity contribution in [3.05, 3.63) is 88.3 Å². The van der Waals surface area contributed by atoms with Crippen molar-refractivity contribution in [3.8, 4) is 0 Å². The number of nitrogens with zero attached hydrogens (tertiary/aromatic N) is 2. The number of amides is 1. The molecule has 1 aromatic heterocycles. The second-order valence-electron chi connectivity index (χ2n) is 7.87. The maximum atomic E-state index is 13.3. The van der Waals surface area contributed by atoms with E-state index >= 15 is 0 Å². The fourth-order valence-electron chi connectivity index (χ4n) is 3.69. The number of benzene rings is 2. The Morgan fingerprint density at radius 3 is 2.72 bits per heavy atom. The van der Waals surface area contributed by atoms with Gasteiger partial charge in [-0.3, -0.25) is 9.69 Å². The molecular formula is C24H25ClFN3O3. The summed E-state index contributed by atoms with van der Waals surface area (Å²) in [6.45, 7) is 2.72. The summed E-state index contributed by atoms with van der Waals surface area (Å²) < 4.78 is 24.4. The molecule has 168 valence electrons. The SMILES string of the molecule is O=C(NCC1CCCO1)c1coc(CN(Cc2ccc(F)cc2)Cc2cccc(Cl)c2)n1. The largest absolute Gasteiger partial charge is 0.447 e. The van der Waals surface area contributed by atoms with Crippen molar-refractivity contribution < 1.29 is 18.3 Å². The van der Waals surface area contributed by atoms with E-state index in [0.717, 1.165) is 30.6 Å². The van der Waals surface area contributed by atoms with E-state index in [2.05, 4.69) is 15.2 Å². The third kappa shape index (κ3) is 6.38. The normalized spacial score (nSPS) is 15.9. The number of hydrogen-bond donors (Lipinski definition) is 1. The van der Waals surface area contributed by atoms with Gasteiger partial charge in [-0.1, -0.05) is 35.9 Å². The molecule has 1 amide bonds. The van der Waals surface area contributed by atoms with Crippen molar-refractivity contribution in [2.75, 3.05) is 13.2 Å². The number of carbonyl (C=O) groups excluding carboxylic acids is 1. The third-order valence-electron chi connectivity index (χ3n) is 5.27. The van der Waals surface area contributed by atoms with Gasteiger partial charge >= 0.3 is 0 Å². The molecule has 1 aliphatic rings. The molecule has 0 saturated carbocycles. The highest BCUT2D eigenvalue weighted by atomic mass is 35.5. The molecule has 2 heterocycles. The summed E-state index contributed by atoms with van der Waals surface area (Å²) in [7, 11) is 0. The van der Waals surface area contributed by atoms with Gasteiger partial charge in [0.1, 0.15) is 12.1 Å². The second kappa shape index (κ2) is 10.7. The quantitative estimate of drug-likeness (QED) is 0.509. The lowest BCUT2D eigenvalue weighted by molar-refractivity contribution is 0.0853. The van der Waals surface area contributed by atoms with E-state index in [4.69, 9.17) is 20.8 Å². The first kappa shape index (κ1) is 22.5. The molecule has 3 aromatic rings. The zero-order valence-corrected chi connectivity index (χ0v) is 18.4. The highest BCUT2D eigenvalue weighted by molar-refractivity contribution is 6.30. The third-order valence-corrected chi connectivity index (χ3v) is 5.51. The maximum Gasteiger partial charge on any atom is 0.273 e. The number of rotatable bonds is 9. The standard InChI is InChI=1S/C24H25ClFN3O3/c25-19-4-1-3-18(11-19)14-29(13-17-6-8-20(26)9-7-17)15-23-28-22(16-32-23)24(30)27-12-21-5-2-10-31-21/h1,3-4,6-9,11,16,21H,2,5,10,12-15H2,(H,27,30). The molecule has 4 rings (SSSR count). The summed E-state index contributed by atoms with van der Waals surface area (Å²) in [5.41, 5.74) is 2.22. The summed E-state index contributed by atoms with van der Waals surface area (Å²) in [5.74, 6) is -0.131. The second-order valence-corrected chi connectivity index (χ2v) is 8.31. The Balaban J connectivity index is 1.42. The Kier molecular flexibility index (Phi) is 7.52. The minimum atomic E-state index is -0.282. The number of nitrogens with one attached hydrogen (secondary N) is 1. The predicted octanol–water partition coefficient (Wildman–Crippen LogP) is 4.58. The van der Waals surface area contributed by atoms with E-state index in [1.165, 1.54) is 18.4 Å². The molecule has 1 fully saturated rings. The van der Waals surface area contributed by atoms with Crippen LogP contribution in [0.3, 0.4) is 0 Å². The first-order valence-electron chi connectivity index (χ1n) is 10.6. The summed E-state index contributed by atoms with van der Waals surface area (Å²) in [5, 5.41) is 3.51. The molecular weight excluding hydrogens is 433 g/mol. The molecule has 6 nitrogen and oxygen atoms in total. The average molecular weight is 458 g/mol. The van der Waals surface area contributed by atoms with E-state index in [-0.39, 0.29) is 23.5 Å². The van der Waals surface area contributed by atoms with Crippen LogP contribution >= 0.6 is 11.6 Å². The lowest BCUT2D eigenvalue weighted by atomic mass is 10.1. The van der Waals surface area contributed by atoms with Crippen LogP contribution in [0.1, 0.15) is 40.3 Å². The molecule has 1 N–H and O–H groups in total. The highest BCUT2D eigenvalue weighted by Gasteiger charge is 2.19. The molecule has 0 bridgehead atoms. The van der Waals surface area contributed by atoms with Crippen molar-refractivity contribution in [1.29, 1.82) is 0 Å². The van der Waals surface area contributed by atoms with E-state index in [1.54, 1.807) is 12.1 Å². The van der Waals surface area contributed by atoms with Crippen LogP contribution in [-0.2, 0) is 24.4 Å². The minimum absolute atomic E-state index is 0.0641. The number of carbonyl (C=O) groups is 1. The number of aromatic nitrogens is 1. The summed E-state index contributed by atoms with van der Waals surface area (Å²) in [4.78, 5) is 18.9. The summed E-state index contributed by atoms with van der Waals surface area (Å²) in [6, 6.07) is 14.0. The van der Waals surface area contributed by atoms with Gasteiger partial charge in [-0.2, -0.15) is 0 Å². The van der Waals surface area contributed by atoms with Gasteiger partial charge < -0.3 is 14.5 Å². The molecule has 32 heavy (non-hydrogen) atoms. The van der Waals surface area contributed by atoms with Gasteiger partial charge in [0, 0.05) is 31.3 Å². The van der Waals surface area contributed by atoms with E-state index < -0.39 is 0 Å². The van der Waals surface area contributed by atoms with Gasteiger partial charge in [0.05, 0.1) is 12.6 Å². The van der Waals surface area contributed by atoms with Crippen molar-refractivity contribution in [2.45, 2.75) is 38.6 Å². The van der Waals surface area contributed by atoms with Crippen LogP contribution in [-0.4, -0.2) is 35.0 Å². The fourth-order valence-corrected chi connectivity index (χ4v) is 3.90. The molecule has 0 spiro atoms. The van der Waals surface area contributed by atoms with Crippen LogP contribution in [0, 0.1) is 5.82 Å². The summed E-state index contributed by atoms with van der Waals surface area (Å²) >= 11 is 6.14. The van der Waals surface area contributed by atoms with Gasteiger partial charge in [-0.05, 0) is 48.2 Å². The smallest absolute Gasteiger partial charge is 0.273 e. The topological polar surface area (TPSA) is 67.6 Å². The molecule has 1 aliphatic heterocycles. The zero-order valence-electron chi connectivity index (χ0n) is 17.6. The molecule has 1 unspecified atom stereocenters. The molecule has 2 aromatic carbocycles. The monoisotopic (exact) mass is 457 g/mol. The Labute approximate surface area is 191 Å². The van der Waals surface area contributed by atoms with Crippen LogP contribution in [0.15, 0.2) is 59.2 Å². The predicted molar refractivity (Wildman–Crippen MR) is 119 cm³/mol. The van der Waals surface area contributed by atoms with Gasteiger partial charge in [0.15, 0.2) is 5.69 Å². The van der Waals surface area contributed by atoms with Gasteiger partial charge in [-0.15, -0.1) is 0 Å². The van der Waals surface area contributed by atoms with Gasteiger partial charge in [0.2, 0.25) is 5.89 Å². The van der Waals surface area contributed by atoms with E-state index in [9.17, 15) is 9.18 Å². The first-order chi connectivity index (χ1) is 15.5. The average Bonchev–Trinajstić information content (AvgIpc) is 3.46. The van der Waals surface area contributed by atoms with E-state index in [1.807, 2.05) is 24.3 Å². The Morgan fingerprint density at radius 1 is 1.16 bits per heavy atom. The Morgan fingerprint density at radius 2 is 1.97 bits per heavy atom. The van der Waals surface area contributed by atoms with E-state index in [0.29, 0.717) is 37.1 Å². The molecule has 0 aliphatic carbocycles. The number of ether oxygens (including phenoxy) is 1. The molecule has 8 heteroatoms. The first-order valence-corrected chi connectivity index (χ1v) is 11.0. The minimum Gasteiger partial charge on any atom is -0.447 e. The fraction of sp³-hybridized carbons (Fsp3) is 0.333. The molecule has 0 radical (unpaired) electrons. The van der Waals surface area contributed by atoms with Crippen molar-refractivity contribution in [1.82, 2.24) is 15.2 Å². The van der Waals surface area contributed by atoms with Crippen LogP contribution in [0.5, 0.6) is 0 Å². The number of oxazole rings is 1. The maximum absolute atomic E-state index is 13.3. The highest BCUT2D eigenvalue weighted by Crippen LogP contribution is 2.18. The number of halogens is 2. The summed E-state index contributed by atoms with van der Waals surface area (Å²) in [6.07, 6.45) is 3.40. The van der Waals surface area contributed by atoms with Gasteiger partial charge in [-0.25, -0.2) is 9.37 Å². The zero-order chi connectivity index (χ0) is 22.3. The van der Waals surface area contributed by atoms with Crippen LogP contribution in [0.2, 0.25) is 5.02 Å². The lowest BCUT2D eigenvalue weighted by Crippen LogP contribution is -2.32. The van der Waals surface area contributed by atoms with Gasteiger partial charge in [0.25, 0.3) is 5.91 Å². The molecule has 1 atom stereocenters. The molecule has 1 saturated heterocycles. The number of hydrogen-bond acceptors (Lipinski definition) is 5. The lowest BCUT2D eigenvalue weighted by Gasteiger charge is -2.21. The van der Waals surface area contributed by atoms with Crippen molar-refractivity contribution in [3.63, 3.8) is 0 Å². The Hall–Kier alpha value is -2.74. The van der Waals surface area contributed by atoms with Crippen molar-refractivity contribution >= 4 is 17.5 Å². The van der Waals surface area contributed by atoms with Crippen LogP contribution in [0.25, 0.3) is 0 Å². The Bertz CT molecular complexity index is 1030. The van der Waals surface area contributed by atoms with Crippen molar-refractivity contribution in [2.24, 2.45) is 0 Å². The van der Waals surface area contributed by atoms with Crippen LogP contribution < -0.4 is 5.32 Å².